The van der Waals surface area contributed by atoms with Gasteiger partial charge in [-0.15, -0.1) is 0 Å². The third kappa shape index (κ3) is 2.89. The van der Waals surface area contributed by atoms with Gasteiger partial charge >= 0.3 is 29.3 Å². The zero-order valence-corrected chi connectivity index (χ0v) is 8.64. The van der Waals surface area contributed by atoms with E-state index in [0.717, 1.165) is 12.1 Å². The molecule has 1 rings (SSSR count). The zero-order chi connectivity index (χ0) is 6.53. The average molecular weight is 188 g/mol. The summed E-state index contributed by atoms with van der Waals surface area (Å²) in [5, 5.41) is 0. The largest absolute Gasteiger partial charge is 0.413 e. The molecule has 1 aliphatic heterocycles. The van der Waals surface area contributed by atoms with Gasteiger partial charge in [0.2, 0.25) is 0 Å². The van der Waals surface area contributed by atoms with Crippen molar-refractivity contribution in [1.29, 1.82) is 0 Å². The van der Waals surface area contributed by atoms with E-state index >= 15 is 0 Å². The van der Waals surface area contributed by atoms with Crippen LogP contribution in [-0.4, -0.2) is 39.5 Å². The van der Waals surface area contributed by atoms with Crippen LogP contribution >= 0.6 is 0 Å². The van der Waals surface area contributed by atoms with Crippen molar-refractivity contribution in [2.75, 3.05) is 0 Å². The van der Waals surface area contributed by atoms with Gasteiger partial charge in [-0.05, 0) is 6.04 Å². The summed E-state index contributed by atoms with van der Waals surface area (Å²) in [6.07, 6.45) is 0. The minimum atomic E-state index is -0.948. The van der Waals surface area contributed by atoms with Gasteiger partial charge in [0.25, 0.3) is 0 Å². The number of hydrogen-bond donors (Lipinski definition) is 0. The molecule has 1 saturated heterocycles. The molecule has 0 amide bonds. The molecule has 7 heteroatoms. The minimum Gasteiger partial charge on any atom is -0.413 e. The van der Waals surface area contributed by atoms with Crippen LogP contribution in [0.4, 0.5) is 0 Å². The summed E-state index contributed by atoms with van der Waals surface area (Å²) < 4.78 is 15.2. The Labute approximate surface area is 64.5 Å². The summed E-state index contributed by atoms with van der Waals surface area (Å²) in [4.78, 5) is 0. The minimum absolute atomic E-state index is 0.203. The average Bonchev–Trinajstić information content (AvgIpc) is 1.91. The molecule has 1 heterocycles. The quantitative estimate of drug-likeness (QED) is 0.531. The van der Waals surface area contributed by atoms with Gasteiger partial charge in [-0.2, -0.15) is 0 Å². The Bertz CT molecular complexity index is 71.5. The fourth-order valence-corrected chi connectivity index (χ4v) is 4.51. The van der Waals surface area contributed by atoms with Crippen molar-refractivity contribution in [3.63, 3.8) is 0 Å². The Morgan fingerprint density at radius 1 is 1.33 bits per heavy atom. The van der Waals surface area contributed by atoms with Crippen LogP contribution in [0.15, 0.2) is 0 Å². The highest BCUT2D eigenvalue weighted by Crippen LogP contribution is 2.01. The van der Waals surface area contributed by atoms with Crippen molar-refractivity contribution in [3.05, 3.63) is 0 Å². The Morgan fingerprint density at radius 2 is 2.00 bits per heavy atom. The molecule has 0 aromatic rings. The number of rotatable bonds is 2. The molecule has 0 bridgehead atoms. The molecule has 0 aliphatic carbocycles. The molecular formula is C2H4O3Si4. The van der Waals surface area contributed by atoms with E-state index in [-0.39, 0.29) is 20.0 Å². The van der Waals surface area contributed by atoms with Crippen molar-refractivity contribution in [3.8, 4) is 0 Å². The molecule has 0 saturated carbocycles. The van der Waals surface area contributed by atoms with Crippen LogP contribution in [0.3, 0.4) is 0 Å². The van der Waals surface area contributed by atoms with E-state index in [2.05, 4.69) is 10.2 Å². The van der Waals surface area contributed by atoms with Crippen LogP contribution in [-0.2, 0) is 12.3 Å². The maximum absolute atomic E-state index is 5.18. The van der Waals surface area contributed by atoms with Crippen molar-refractivity contribution in [2.45, 2.75) is 12.1 Å². The van der Waals surface area contributed by atoms with Gasteiger partial charge in [0.1, 0.15) is 0 Å². The predicted octanol–water partition coefficient (Wildman–Crippen LogP) is -0.807. The molecule has 0 N–H and O–H groups in total. The van der Waals surface area contributed by atoms with Gasteiger partial charge in [-0.25, -0.2) is 0 Å². The van der Waals surface area contributed by atoms with E-state index in [1.807, 2.05) is 0 Å². The highest BCUT2D eigenvalue weighted by atomic mass is 28.4. The summed E-state index contributed by atoms with van der Waals surface area (Å²) >= 11 is 0. The van der Waals surface area contributed by atoms with Crippen molar-refractivity contribution >= 4 is 39.5 Å². The molecule has 46 valence electrons. The monoisotopic (exact) mass is 188 g/mol. The molecule has 9 heavy (non-hydrogen) atoms. The van der Waals surface area contributed by atoms with Crippen LogP contribution in [0.25, 0.3) is 0 Å². The highest BCUT2D eigenvalue weighted by Gasteiger charge is 2.20. The fourth-order valence-electron chi connectivity index (χ4n) is 0.377. The normalized spacial score (nSPS) is 22.3. The first-order chi connectivity index (χ1) is 4.43. The molecular weight excluding hydrogens is 184 g/mol. The lowest BCUT2D eigenvalue weighted by molar-refractivity contribution is 0.323. The van der Waals surface area contributed by atoms with Crippen molar-refractivity contribution < 1.29 is 12.3 Å². The van der Waals surface area contributed by atoms with Gasteiger partial charge < -0.3 is 12.3 Å². The first-order valence-corrected chi connectivity index (χ1v) is 6.30. The van der Waals surface area contributed by atoms with Gasteiger partial charge in [0, 0.05) is 10.2 Å². The third-order valence-electron chi connectivity index (χ3n) is 0.723. The first-order valence-electron chi connectivity index (χ1n) is 2.43. The molecule has 1 aliphatic rings. The maximum atomic E-state index is 5.18. The Morgan fingerprint density at radius 3 is 2.56 bits per heavy atom. The second kappa shape index (κ2) is 4.55. The van der Waals surface area contributed by atoms with Gasteiger partial charge in [-0.3, -0.25) is 0 Å². The molecule has 0 aromatic heterocycles. The van der Waals surface area contributed by atoms with Crippen LogP contribution in [0, 0.1) is 0 Å². The molecule has 1 fully saturated rings. The summed E-state index contributed by atoms with van der Waals surface area (Å²) in [5.41, 5.74) is 0. The molecule has 8 radical (unpaired) electrons. The van der Waals surface area contributed by atoms with E-state index in [9.17, 15) is 0 Å². The summed E-state index contributed by atoms with van der Waals surface area (Å²) in [5.74, 6) is 0. The third-order valence-corrected chi connectivity index (χ3v) is 5.29. The van der Waals surface area contributed by atoms with Gasteiger partial charge in [0.05, 0.1) is 0 Å². The van der Waals surface area contributed by atoms with E-state index < -0.39 is 9.28 Å². The maximum Gasteiger partial charge on any atom is 0.412 e. The van der Waals surface area contributed by atoms with E-state index in [1.165, 1.54) is 0 Å². The lowest BCUT2D eigenvalue weighted by Gasteiger charge is -2.17. The standard InChI is InChI=1S/C2H4O3Si4/c6-1-2-9-4-7-3-8-5-9/h1-2H2. The second-order valence-corrected chi connectivity index (χ2v) is 5.87. The van der Waals surface area contributed by atoms with Crippen LogP contribution < -0.4 is 0 Å². The smallest absolute Gasteiger partial charge is 0.412 e. The van der Waals surface area contributed by atoms with E-state index in [4.69, 9.17) is 12.3 Å². The molecule has 0 spiro atoms. The first kappa shape index (κ1) is 7.85. The van der Waals surface area contributed by atoms with Gasteiger partial charge in [0.15, 0.2) is 0 Å². The van der Waals surface area contributed by atoms with Crippen molar-refractivity contribution in [1.82, 2.24) is 0 Å². The second-order valence-electron chi connectivity index (χ2n) is 1.34. The summed E-state index contributed by atoms with van der Waals surface area (Å²) in [6, 6.07) is 1.94. The molecule has 3 nitrogen and oxygen atoms in total. The molecule has 0 unspecified atom stereocenters. The van der Waals surface area contributed by atoms with E-state index in [1.54, 1.807) is 0 Å². The van der Waals surface area contributed by atoms with Crippen LogP contribution in [0.2, 0.25) is 12.1 Å². The Balaban J connectivity index is 2.08. The van der Waals surface area contributed by atoms with Crippen LogP contribution in [0.5, 0.6) is 0 Å². The van der Waals surface area contributed by atoms with Crippen LogP contribution in [0.1, 0.15) is 0 Å². The van der Waals surface area contributed by atoms with E-state index in [0.29, 0.717) is 0 Å². The molecule has 0 atom stereocenters. The Hall–Kier alpha value is 0.748. The lowest BCUT2D eigenvalue weighted by atomic mass is 11.0. The zero-order valence-electron chi connectivity index (χ0n) is 4.64. The Kier molecular flexibility index (Phi) is 3.96. The van der Waals surface area contributed by atoms with Crippen molar-refractivity contribution in [2.24, 2.45) is 0 Å². The number of hydrogen-bond acceptors (Lipinski definition) is 3. The predicted molar refractivity (Wildman–Crippen MR) is 35.9 cm³/mol. The lowest BCUT2D eigenvalue weighted by Crippen LogP contribution is -2.34. The topological polar surface area (TPSA) is 27.7 Å². The summed E-state index contributed by atoms with van der Waals surface area (Å²) in [6.45, 7) is 0. The van der Waals surface area contributed by atoms with Gasteiger partial charge in [-0.1, -0.05) is 6.04 Å². The summed E-state index contributed by atoms with van der Waals surface area (Å²) in [7, 11) is 2.82. The highest BCUT2D eigenvalue weighted by molar-refractivity contribution is 6.61. The SMILES string of the molecule is [Si]CC[Si]1O[Si]O[Si]O1. The fraction of sp³-hybridized carbons (Fsp3) is 1.00. The molecule has 0 aromatic carbocycles.